The molecule has 0 bridgehead atoms. The summed E-state index contributed by atoms with van der Waals surface area (Å²) in [7, 11) is 0. The molecular formula is C16H22OS. The normalized spacial score (nSPS) is 16.8. The highest BCUT2D eigenvalue weighted by atomic mass is 32.2. The maximum Gasteiger partial charge on any atom is 0.146 e. The van der Waals surface area contributed by atoms with Crippen LogP contribution in [0.1, 0.15) is 43.2 Å². The van der Waals surface area contributed by atoms with Gasteiger partial charge in [0, 0.05) is 10.8 Å². The lowest BCUT2D eigenvalue weighted by Gasteiger charge is -2.20. The molecule has 98 valence electrons. The van der Waals surface area contributed by atoms with Crippen molar-refractivity contribution < 1.29 is 4.79 Å². The molecule has 0 radical (unpaired) electrons. The first kappa shape index (κ1) is 13.7. The van der Waals surface area contributed by atoms with Crippen LogP contribution in [0.5, 0.6) is 0 Å². The van der Waals surface area contributed by atoms with E-state index in [0.29, 0.717) is 17.5 Å². The van der Waals surface area contributed by atoms with E-state index >= 15 is 0 Å². The van der Waals surface area contributed by atoms with Gasteiger partial charge in [-0.25, -0.2) is 0 Å². The lowest BCUT2D eigenvalue weighted by atomic mass is 9.87. The summed E-state index contributed by atoms with van der Waals surface area (Å²) in [6.07, 6.45) is 6.03. The summed E-state index contributed by atoms with van der Waals surface area (Å²) in [4.78, 5) is 13.3. The molecule has 0 aliphatic heterocycles. The molecule has 1 saturated carbocycles. The van der Waals surface area contributed by atoms with Crippen molar-refractivity contribution in [3.8, 4) is 0 Å². The number of Topliss-reactive ketones (excluding diaryl/α,β-unsaturated/α-hetero) is 1. The van der Waals surface area contributed by atoms with Crippen LogP contribution in [-0.2, 0) is 4.79 Å². The number of aryl methyl sites for hydroxylation is 2. The largest absolute Gasteiger partial charge is 0.298 e. The third-order valence-electron chi connectivity index (χ3n) is 3.92. The Kier molecular flexibility index (Phi) is 4.87. The number of hydrogen-bond acceptors (Lipinski definition) is 2. The molecule has 0 heterocycles. The van der Waals surface area contributed by atoms with Gasteiger partial charge in [-0.2, -0.15) is 0 Å². The van der Waals surface area contributed by atoms with Crippen molar-refractivity contribution in [1.29, 1.82) is 0 Å². The Balaban J connectivity index is 1.86. The summed E-state index contributed by atoms with van der Waals surface area (Å²) in [6, 6.07) is 6.46. The zero-order chi connectivity index (χ0) is 13.0. The molecule has 0 saturated heterocycles. The number of hydrogen-bond donors (Lipinski definition) is 0. The van der Waals surface area contributed by atoms with Gasteiger partial charge in [-0.05, 0) is 49.9 Å². The standard InChI is InChI=1S/C16H22OS/c1-12-8-9-15(10-13(12)2)18-11-16(17)14-6-4-3-5-7-14/h8-10,14H,3-7,11H2,1-2H3. The summed E-state index contributed by atoms with van der Waals surface area (Å²) in [5.41, 5.74) is 2.63. The van der Waals surface area contributed by atoms with Crippen molar-refractivity contribution in [1.82, 2.24) is 0 Å². The van der Waals surface area contributed by atoms with Crippen LogP contribution in [0.2, 0.25) is 0 Å². The Morgan fingerprint density at radius 3 is 2.56 bits per heavy atom. The van der Waals surface area contributed by atoms with E-state index < -0.39 is 0 Å². The molecule has 1 aliphatic rings. The fourth-order valence-electron chi connectivity index (χ4n) is 2.50. The highest BCUT2D eigenvalue weighted by Gasteiger charge is 2.20. The van der Waals surface area contributed by atoms with Crippen LogP contribution in [0.3, 0.4) is 0 Å². The van der Waals surface area contributed by atoms with Gasteiger partial charge in [-0.3, -0.25) is 4.79 Å². The van der Waals surface area contributed by atoms with E-state index in [1.54, 1.807) is 11.8 Å². The van der Waals surface area contributed by atoms with Crippen molar-refractivity contribution in [3.05, 3.63) is 29.3 Å². The first-order valence-electron chi connectivity index (χ1n) is 6.89. The summed E-state index contributed by atoms with van der Waals surface area (Å²) < 4.78 is 0. The molecule has 0 amide bonds. The van der Waals surface area contributed by atoms with Crippen LogP contribution in [0.4, 0.5) is 0 Å². The van der Waals surface area contributed by atoms with Gasteiger partial charge in [0.1, 0.15) is 5.78 Å². The highest BCUT2D eigenvalue weighted by molar-refractivity contribution is 8.00. The molecule has 1 aromatic carbocycles. The Morgan fingerprint density at radius 1 is 1.17 bits per heavy atom. The fourth-order valence-corrected chi connectivity index (χ4v) is 3.47. The summed E-state index contributed by atoms with van der Waals surface area (Å²) >= 11 is 1.70. The van der Waals surface area contributed by atoms with Gasteiger partial charge in [0.05, 0.1) is 5.75 Å². The minimum Gasteiger partial charge on any atom is -0.298 e. The molecule has 0 unspecified atom stereocenters. The minimum atomic E-state index is 0.345. The molecule has 1 aliphatic carbocycles. The minimum absolute atomic E-state index is 0.345. The second-order valence-corrected chi connectivity index (χ2v) is 6.38. The smallest absolute Gasteiger partial charge is 0.146 e. The van der Waals surface area contributed by atoms with Crippen molar-refractivity contribution in [2.24, 2.45) is 5.92 Å². The van der Waals surface area contributed by atoms with E-state index in [9.17, 15) is 4.79 Å². The molecule has 0 spiro atoms. The lowest BCUT2D eigenvalue weighted by Crippen LogP contribution is -2.19. The zero-order valence-electron chi connectivity index (χ0n) is 11.4. The number of benzene rings is 1. The molecule has 0 aromatic heterocycles. The Hall–Kier alpha value is -0.760. The predicted octanol–water partition coefficient (Wildman–Crippen LogP) is 4.54. The molecule has 1 nitrogen and oxygen atoms in total. The van der Waals surface area contributed by atoms with Gasteiger partial charge in [0.2, 0.25) is 0 Å². The van der Waals surface area contributed by atoms with Crippen molar-refractivity contribution in [3.63, 3.8) is 0 Å². The van der Waals surface area contributed by atoms with E-state index in [0.717, 1.165) is 12.8 Å². The molecule has 0 N–H and O–H groups in total. The quantitative estimate of drug-likeness (QED) is 0.741. The van der Waals surface area contributed by atoms with Crippen LogP contribution in [0.15, 0.2) is 23.1 Å². The maximum atomic E-state index is 12.1. The highest BCUT2D eigenvalue weighted by Crippen LogP contribution is 2.27. The predicted molar refractivity (Wildman–Crippen MR) is 78.2 cm³/mol. The average molecular weight is 262 g/mol. The second-order valence-electron chi connectivity index (χ2n) is 5.34. The van der Waals surface area contributed by atoms with Gasteiger partial charge >= 0.3 is 0 Å². The van der Waals surface area contributed by atoms with Gasteiger partial charge in [-0.1, -0.05) is 25.3 Å². The topological polar surface area (TPSA) is 17.1 Å². The second kappa shape index (κ2) is 6.42. The molecule has 2 heteroatoms. The van der Waals surface area contributed by atoms with E-state index in [-0.39, 0.29) is 0 Å². The van der Waals surface area contributed by atoms with Crippen LogP contribution in [0, 0.1) is 19.8 Å². The van der Waals surface area contributed by atoms with Crippen LogP contribution >= 0.6 is 11.8 Å². The molecule has 1 fully saturated rings. The van der Waals surface area contributed by atoms with Crippen molar-refractivity contribution in [2.45, 2.75) is 50.8 Å². The van der Waals surface area contributed by atoms with Gasteiger partial charge in [0.15, 0.2) is 0 Å². The van der Waals surface area contributed by atoms with E-state index in [2.05, 4.69) is 32.0 Å². The third kappa shape index (κ3) is 3.61. The molecule has 0 atom stereocenters. The Labute approximate surface area is 114 Å². The maximum absolute atomic E-state index is 12.1. The van der Waals surface area contributed by atoms with E-state index in [4.69, 9.17) is 0 Å². The SMILES string of the molecule is Cc1ccc(SCC(=O)C2CCCCC2)cc1C. The fraction of sp³-hybridized carbons (Fsp3) is 0.562. The monoisotopic (exact) mass is 262 g/mol. The zero-order valence-corrected chi connectivity index (χ0v) is 12.2. The van der Waals surface area contributed by atoms with Gasteiger partial charge in [-0.15, -0.1) is 11.8 Å². The first-order chi connectivity index (χ1) is 8.66. The number of thioether (sulfide) groups is 1. The third-order valence-corrected chi connectivity index (χ3v) is 4.94. The summed E-state index contributed by atoms with van der Waals surface area (Å²) in [6.45, 7) is 4.25. The molecular weight excluding hydrogens is 240 g/mol. The Bertz CT molecular complexity index is 419. The van der Waals surface area contributed by atoms with Crippen LogP contribution in [0.25, 0.3) is 0 Å². The first-order valence-corrected chi connectivity index (χ1v) is 7.88. The van der Waals surface area contributed by atoms with Gasteiger partial charge < -0.3 is 0 Å². The lowest BCUT2D eigenvalue weighted by molar-refractivity contribution is -0.121. The summed E-state index contributed by atoms with van der Waals surface area (Å²) in [5.74, 6) is 1.45. The number of carbonyl (C=O) groups is 1. The van der Waals surface area contributed by atoms with Crippen LogP contribution < -0.4 is 0 Å². The molecule has 18 heavy (non-hydrogen) atoms. The number of carbonyl (C=O) groups excluding carboxylic acids is 1. The summed E-state index contributed by atoms with van der Waals surface area (Å²) in [5, 5.41) is 0. The van der Waals surface area contributed by atoms with Crippen LogP contribution in [-0.4, -0.2) is 11.5 Å². The molecule has 2 rings (SSSR count). The molecule has 1 aromatic rings. The van der Waals surface area contributed by atoms with E-state index in [1.807, 2.05) is 0 Å². The van der Waals surface area contributed by atoms with Crippen molar-refractivity contribution in [2.75, 3.05) is 5.75 Å². The average Bonchev–Trinajstić information content (AvgIpc) is 2.41. The Morgan fingerprint density at radius 2 is 1.89 bits per heavy atom. The van der Waals surface area contributed by atoms with Crippen molar-refractivity contribution >= 4 is 17.5 Å². The number of ketones is 1. The van der Waals surface area contributed by atoms with Gasteiger partial charge in [0.25, 0.3) is 0 Å². The number of rotatable bonds is 4. The van der Waals surface area contributed by atoms with E-state index in [1.165, 1.54) is 35.3 Å².